The van der Waals surface area contributed by atoms with E-state index in [0.29, 0.717) is 6.04 Å². The van der Waals surface area contributed by atoms with Crippen molar-refractivity contribution in [3.63, 3.8) is 0 Å². The Balaban J connectivity index is 1.67. The van der Waals surface area contributed by atoms with E-state index in [1.165, 1.54) is 23.1 Å². The first-order valence-corrected chi connectivity index (χ1v) is 9.12. The van der Waals surface area contributed by atoms with Gasteiger partial charge in [0, 0.05) is 19.1 Å². The topological polar surface area (TPSA) is 26.7 Å². The second-order valence-electron chi connectivity index (χ2n) is 6.96. The van der Waals surface area contributed by atoms with Crippen LogP contribution in [-0.4, -0.2) is 40.9 Å². The molecular weight excluding hydrogens is 296 g/mol. The van der Waals surface area contributed by atoms with Crippen molar-refractivity contribution in [2.24, 2.45) is 0 Å². The fraction of sp³-hybridized carbons (Fsp3) is 0.429. The Morgan fingerprint density at radius 2 is 1.71 bits per heavy atom. The van der Waals surface area contributed by atoms with E-state index in [1.54, 1.807) is 0 Å². The number of fused-ring (bicyclic) bond motifs is 1. The highest BCUT2D eigenvalue weighted by molar-refractivity contribution is 5.34. The SMILES string of the molecule is OC[C@@H]1CCCN1N1CCc2ccccc2[C@@H]1Cc1ccccc1. The lowest BCUT2D eigenvalue weighted by molar-refractivity contribution is -0.0876. The lowest BCUT2D eigenvalue weighted by Crippen LogP contribution is -2.51. The fourth-order valence-corrected chi connectivity index (χ4v) is 4.34. The molecule has 2 aliphatic rings. The monoisotopic (exact) mass is 322 g/mol. The Bertz CT molecular complexity index is 673. The minimum atomic E-state index is 0.260. The van der Waals surface area contributed by atoms with E-state index in [2.05, 4.69) is 64.6 Å². The molecule has 1 fully saturated rings. The van der Waals surface area contributed by atoms with Gasteiger partial charge in [-0.1, -0.05) is 54.6 Å². The lowest BCUT2D eigenvalue weighted by atomic mass is 9.89. The molecule has 2 aliphatic heterocycles. The third kappa shape index (κ3) is 3.00. The number of aliphatic hydroxyl groups excluding tert-OH is 1. The summed E-state index contributed by atoms with van der Waals surface area (Å²) in [6, 6.07) is 20.3. The number of hydrogen-bond donors (Lipinski definition) is 1. The normalized spacial score (nSPS) is 24.9. The van der Waals surface area contributed by atoms with E-state index < -0.39 is 0 Å². The Hall–Kier alpha value is -1.68. The predicted molar refractivity (Wildman–Crippen MR) is 96.6 cm³/mol. The molecule has 0 aliphatic carbocycles. The van der Waals surface area contributed by atoms with Crippen molar-refractivity contribution in [2.75, 3.05) is 19.7 Å². The second-order valence-corrected chi connectivity index (χ2v) is 6.96. The molecule has 0 aromatic heterocycles. The van der Waals surface area contributed by atoms with Crippen LogP contribution in [0.2, 0.25) is 0 Å². The second kappa shape index (κ2) is 7.06. The Morgan fingerprint density at radius 3 is 2.54 bits per heavy atom. The smallest absolute Gasteiger partial charge is 0.0600 e. The minimum Gasteiger partial charge on any atom is -0.395 e. The van der Waals surface area contributed by atoms with Crippen LogP contribution in [0.15, 0.2) is 54.6 Å². The summed E-state index contributed by atoms with van der Waals surface area (Å²) < 4.78 is 0. The summed E-state index contributed by atoms with van der Waals surface area (Å²) in [4.78, 5) is 0. The summed E-state index contributed by atoms with van der Waals surface area (Å²) in [5, 5.41) is 14.8. The van der Waals surface area contributed by atoms with Crippen molar-refractivity contribution in [1.82, 2.24) is 10.0 Å². The number of benzene rings is 2. The van der Waals surface area contributed by atoms with Gasteiger partial charge in [0.15, 0.2) is 0 Å². The van der Waals surface area contributed by atoms with Crippen LogP contribution >= 0.6 is 0 Å². The van der Waals surface area contributed by atoms with Crippen molar-refractivity contribution in [1.29, 1.82) is 0 Å². The first kappa shape index (κ1) is 15.8. The van der Waals surface area contributed by atoms with Gasteiger partial charge in [0.25, 0.3) is 0 Å². The summed E-state index contributed by atoms with van der Waals surface area (Å²) in [7, 11) is 0. The average Bonchev–Trinajstić information content (AvgIpc) is 3.11. The number of rotatable bonds is 4. The predicted octanol–water partition coefficient (Wildman–Crippen LogP) is 3.20. The molecule has 0 unspecified atom stereocenters. The van der Waals surface area contributed by atoms with E-state index in [0.717, 1.165) is 32.4 Å². The maximum Gasteiger partial charge on any atom is 0.0600 e. The zero-order valence-electron chi connectivity index (χ0n) is 14.1. The summed E-state index contributed by atoms with van der Waals surface area (Å²) >= 11 is 0. The summed E-state index contributed by atoms with van der Waals surface area (Å²) in [6.45, 7) is 2.37. The van der Waals surface area contributed by atoms with E-state index in [-0.39, 0.29) is 12.6 Å². The molecule has 0 spiro atoms. The lowest BCUT2D eigenvalue weighted by Gasteiger charge is -2.44. The molecule has 0 bridgehead atoms. The van der Waals surface area contributed by atoms with Crippen LogP contribution < -0.4 is 0 Å². The highest BCUT2D eigenvalue weighted by Crippen LogP contribution is 2.36. The van der Waals surface area contributed by atoms with Gasteiger partial charge >= 0.3 is 0 Å². The molecule has 2 aromatic carbocycles. The Morgan fingerprint density at radius 1 is 0.917 bits per heavy atom. The van der Waals surface area contributed by atoms with Crippen LogP contribution in [0, 0.1) is 0 Å². The summed E-state index contributed by atoms with van der Waals surface area (Å²) in [6.07, 6.45) is 4.40. The van der Waals surface area contributed by atoms with Gasteiger partial charge in [-0.15, -0.1) is 0 Å². The standard InChI is InChI=1S/C21H26N2O/c24-16-19-10-6-13-22(19)23-14-12-18-9-4-5-11-20(18)21(23)15-17-7-2-1-3-8-17/h1-5,7-9,11,19,21,24H,6,10,12-16H2/t19-,21-/m0/s1. The van der Waals surface area contributed by atoms with Crippen LogP contribution in [-0.2, 0) is 12.8 Å². The van der Waals surface area contributed by atoms with E-state index in [1.807, 2.05) is 0 Å². The third-order valence-corrected chi connectivity index (χ3v) is 5.54. The third-order valence-electron chi connectivity index (χ3n) is 5.54. The zero-order valence-corrected chi connectivity index (χ0v) is 14.1. The first-order chi connectivity index (χ1) is 11.9. The molecule has 2 atom stereocenters. The van der Waals surface area contributed by atoms with Crippen LogP contribution in [0.5, 0.6) is 0 Å². The van der Waals surface area contributed by atoms with Crippen molar-refractivity contribution < 1.29 is 5.11 Å². The van der Waals surface area contributed by atoms with Crippen LogP contribution in [0.4, 0.5) is 0 Å². The molecule has 126 valence electrons. The van der Waals surface area contributed by atoms with E-state index in [9.17, 15) is 5.11 Å². The molecule has 2 aromatic rings. The molecule has 1 N–H and O–H groups in total. The molecule has 3 nitrogen and oxygen atoms in total. The van der Waals surface area contributed by atoms with Gasteiger partial charge in [-0.25, -0.2) is 10.0 Å². The quantitative estimate of drug-likeness (QED) is 0.936. The van der Waals surface area contributed by atoms with E-state index in [4.69, 9.17) is 0 Å². The van der Waals surface area contributed by atoms with Gasteiger partial charge in [0.1, 0.15) is 0 Å². The Kier molecular flexibility index (Phi) is 4.65. The van der Waals surface area contributed by atoms with Crippen LogP contribution in [0.1, 0.15) is 35.6 Å². The van der Waals surface area contributed by atoms with Crippen LogP contribution in [0.3, 0.4) is 0 Å². The van der Waals surface area contributed by atoms with Gasteiger partial charge in [-0.2, -0.15) is 0 Å². The zero-order chi connectivity index (χ0) is 16.4. The highest BCUT2D eigenvalue weighted by Gasteiger charge is 2.36. The van der Waals surface area contributed by atoms with Gasteiger partial charge in [0.2, 0.25) is 0 Å². The molecule has 0 radical (unpaired) electrons. The maximum absolute atomic E-state index is 9.77. The largest absolute Gasteiger partial charge is 0.395 e. The summed E-state index contributed by atoms with van der Waals surface area (Å²) in [5.41, 5.74) is 4.31. The van der Waals surface area contributed by atoms with Gasteiger partial charge < -0.3 is 5.11 Å². The van der Waals surface area contributed by atoms with Crippen molar-refractivity contribution >= 4 is 0 Å². The number of nitrogens with zero attached hydrogens (tertiary/aromatic N) is 2. The molecule has 2 heterocycles. The van der Waals surface area contributed by atoms with Crippen LogP contribution in [0.25, 0.3) is 0 Å². The number of hydrazine groups is 1. The molecule has 4 rings (SSSR count). The van der Waals surface area contributed by atoms with Gasteiger partial charge in [-0.05, 0) is 42.4 Å². The molecule has 0 amide bonds. The van der Waals surface area contributed by atoms with E-state index >= 15 is 0 Å². The maximum atomic E-state index is 9.77. The van der Waals surface area contributed by atoms with Crippen molar-refractivity contribution in [3.05, 3.63) is 71.3 Å². The number of hydrogen-bond acceptors (Lipinski definition) is 3. The molecule has 0 saturated carbocycles. The molecule has 24 heavy (non-hydrogen) atoms. The van der Waals surface area contributed by atoms with Crippen molar-refractivity contribution in [2.45, 2.75) is 37.8 Å². The minimum absolute atomic E-state index is 0.260. The molecule has 1 saturated heterocycles. The van der Waals surface area contributed by atoms with Crippen molar-refractivity contribution in [3.8, 4) is 0 Å². The first-order valence-electron chi connectivity index (χ1n) is 9.12. The van der Waals surface area contributed by atoms with Gasteiger partial charge in [0.05, 0.1) is 12.6 Å². The summed E-state index contributed by atoms with van der Waals surface area (Å²) in [5.74, 6) is 0. The Labute approximate surface area is 144 Å². The number of aliphatic hydroxyl groups is 1. The average molecular weight is 322 g/mol. The highest BCUT2D eigenvalue weighted by atomic mass is 16.3. The molecular formula is C21H26N2O. The fourth-order valence-electron chi connectivity index (χ4n) is 4.34. The van der Waals surface area contributed by atoms with Gasteiger partial charge in [-0.3, -0.25) is 0 Å². The molecule has 3 heteroatoms.